The zero-order valence-corrected chi connectivity index (χ0v) is 15.4. The van der Waals surface area contributed by atoms with E-state index in [0.29, 0.717) is 16.9 Å². The highest BCUT2D eigenvalue weighted by Gasteiger charge is 2.15. The lowest BCUT2D eigenvalue weighted by Crippen LogP contribution is -2.13. The summed E-state index contributed by atoms with van der Waals surface area (Å²) in [5, 5.41) is 0.937. The summed E-state index contributed by atoms with van der Waals surface area (Å²) in [6.45, 7) is 6.96. The third kappa shape index (κ3) is 3.54. The number of hydrogen-bond acceptors (Lipinski definition) is 4. The Kier molecular flexibility index (Phi) is 4.47. The van der Waals surface area contributed by atoms with E-state index < -0.39 is 10.0 Å². The molecular weight excluding hydrogens is 372 g/mol. The lowest BCUT2D eigenvalue weighted by molar-refractivity contribution is 0.601. The number of aromatic nitrogens is 2. The van der Waals surface area contributed by atoms with E-state index in [1.807, 2.05) is 30.3 Å². The summed E-state index contributed by atoms with van der Waals surface area (Å²) in [6.07, 6.45) is 1.49. The van der Waals surface area contributed by atoms with Crippen molar-refractivity contribution in [2.75, 3.05) is 4.72 Å². The molecule has 0 atom stereocenters. The molecule has 28 heavy (non-hydrogen) atoms. The van der Waals surface area contributed by atoms with Crippen LogP contribution in [0.1, 0.15) is 0 Å². The van der Waals surface area contributed by atoms with E-state index in [1.54, 1.807) is 30.3 Å². The number of nitrogens with zero attached hydrogens (tertiary/aromatic N) is 3. The van der Waals surface area contributed by atoms with Gasteiger partial charge in [-0.15, -0.1) is 0 Å². The van der Waals surface area contributed by atoms with Gasteiger partial charge in [0.15, 0.2) is 0 Å². The first-order chi connectivity index (χ1) is 13.5. The Balaban J connectivity index is 1.58. The van der Waals surface area contributed by atoms with E-state index in [2.05, 4.69) is 19.5 Å². The summed E-state index contributed by atoms with van der Waals surface area (Å²) in [5.74, 6) is 0.263. The highest BCUT2D eigenvalue weighted by molar-refractivity contribution is 7.92. The number of pyridine rings is 2. The molecular formula is C21H14N4O2S. The highest BCUT2D eigenvalue weighted by atomic mass is 32.2. The van der Waals surface area contributed by atoms with Crippen molar-refractivity contribution < 1.29 is 8.42 Å². The molecule has 136 valence electrons. The number of nitrogens with one attached hydrogen (secondary N) is 1. The molecule has 0 aliphatic carbocycles. The molecule has 4 aromatic rings. The first kappa shape index (κ1) is 17.6. The molecule has 0 unspecified atom stereocenters. The quantitative estimate of drug-likeness (QED) is 0.518. The molecule has 0 aliphatic rings. The molecule has 2 heterocycles. The van der Waals surface area contributed by atoms with Gasteiger partial charge in [-0.1, -0.05) is 36.4 Å². The fourth-order valence-corrected chi connectivity index (χ4v) is 3.75. The molecule has 0 aliphatic heterocycles. The molecule has 4 rings (SSSR count). The first-order valence-corrected chi connectivity index (χ1v) is 9.86. The number of para-hydroxylation sites is 1. The second-order valence-corrected chi connectivity index (χ2v) is 7.71. The number of fused-ring (bicyclic) bond motifs is 1. The maximum atomic E-state index is 12.7. The number of hydrogen-bond donors (Lipinski definition) is 1. The Morgan fingerprint density at radius 1 is 0.893 bits per heavy atom. The average Bonchev–Trinajstić information content (AvgIpc) is 2.73. The zero-order chi connectivity index (χ0) is 19.6. The summed E-state index contributed by atoms with van der Waals surface area (Å²) >= 11 is 0. The van der Waals surface area contributed by atoms with Gasteiger partial charge in [0, 0.05) is 17.1 Å². The Hall–Kier alpha value is -3.76. The zero-order valence-electron chi connectivity index (χ0n) is 14.6. The van der Waals surface area contributed by atoms with Crippen LogP contribution in [-0.4, -0.2) is 18.4 Å². The van der Waals surface area contributed by atoms with Gasteiger partial charge in [0.25, 0.3) is 10.0 Å². The summed E-state index contributed by atoms with van der Waals surface area (Å²) in [6, 6.07) is 20.8. The number of benzene rings is 2. The predicted octanol–water partition coefficient (Wildman–Crippen LogP) is 4.65. The van der Waals surface area contributed by atoms with Gasteiger partial charge in [-0.05, 0) is 36.4 Å². The van der Waals surface area contributed by atoms with Gasteiger partial charge < -0.3 is 0 Å². The Morgan fingerprint density at radius 3 is 2.39 bits per heavy atom. The standard InChI is InChI=1S/C21H14N4O2S/c1-22-17-9-12-19(23-14-17)16-6-10-18(11-7-16)28(26,27)25-21-13-8-15-4-2-3-5-20(15)24-21/h2-14H,(H,24,25). The van der Waals surface area contributed by atoms with Crippen molar-refractivity contribution in [3.05, 3.63) is 90.4 Å². The Bertz CT molecular complexity index is 1290. The van der Waals surface area contributed by atoms with Crippen LogP contribution in [0.2, 0.25) is 0 Å². The maximum Gasteiger partial charge on any atom is 0.263 e. The summed E-state index contributed by atoms with van der Waals surface area (Å²) in [5.41, 5.74) is 2.60. The van der Waals surface area contributed by atoms with Gasteiger partial charge in [-0.25, -0.2) is 18.2 Å². The molecule has 6 nitrogen and oxygen atoms in total. The van der Waals surface area contributed by atoms with E-state index in [9.17, 15) is 8.42 Å². The highest BCUT2D eigenvalue weighted by Crippen LogP contribution is 2.23. The molecule has 7 heteroatoms. The van der Waals surface area contributed by atoms with Crippen LogP contribution in [0, 0.1) is 6.57 Å². The molecule has 2 aromatic heterocycles. The van der Waals surface area contributed by atoms with Crippen LogP contribution in [-0.2, 0) is 10.0 Å². The largest absolute Gasteiger partial charge is 0.268 e. The number of rotatable bonds is 4. The average molecular weight is 386 g/mol. The maximum absolute atomic E-state index is 12.7. The van der Waals surface area contributed by atoms with E-state index >= 15 is 0 Å². The summed E-state index contributed by atoms with van der Waals surface area (Å²) in [7, 11) is -3.76. The summed E-state index contributed by atoms with van der Waals surface area (Å²) < 4.78 is 27.9. The molecule has 0 amide bonds. The van der Waals surface area contributed by atoms with Crippen molar-refractivity contribution in [2.24, 2.45) is 0 Å². The molecule has 0 bridgehead atoms. The monoisotopic (exact) mass is 386 g/mol. The SMILES string of the molecule is [C-]#[N+]c1ccc(-c2ccc(S(=O)(=O)Nc3ccc4ccccc4n3)cc2)nc1. The van der Waals surface area contributed by atoms with Gasteiger partial charge in [0.05, 0.1) is 22.7 Å². The minimum atomic E-state index is -3.76. The van der Waals surface area contributed by atoms with E-state index in [4.69, 9.17) is 6.57 Å². The lowest BCUT2D eigenvalue weighted by atomic mass is 10.1. The van der Waals surface area contributed by atoms with Crippen LogP contribution >= 0.6 is 0 Å². The van der Waals surface area contributed by atoms with Crippen LogP contribution in [0.4, 0.5) is 11.5 Å². The van der Waals surface area contributed by atoms with Gasteiger partial charge in [-0.2, -0.15) is 0 Å². The van der Waals surface area contributed by atoms with E-state index in [0.717, 1.165) is 10.9 Å². The van der Waals surface area contributed by atoms with Gasteiger partial charge >= 0.3 is 0 Å². The third-order valence-corrected chi connectivity index (χ3v) is 5.55. The van der Waals surface area contributed by atoms with Gasteiger partial charge in [0.1, 0.15) is 5.82 Å². The van der Waals surface area contributed by atoms with Crippen molar-refractivity contribution in [1.29, 1.82) is 0 Å². The topological polar surface area (TPSA) is 76.3 Å². The second kappa shape index (κ2) is 7.10. The van der Waals surface area contributed by atoms with Crippen molar-refractivity contribution in [3.8, 4) is 11.3 Å². The second-order valence-electron chi connectivity index (χ2n) is 6.03. The van der Waals surface area contributed by atoms with Crippen LogP contribution in [0.25, 0.3) is 27.0 Å². The van der Waals surface area contributed by atoms with Crippen LogP contribution in [0.3, 0.4) is 0 Å². The first-order valence-electron chi connectivity index (χ1n) is 8.38. The number of anilines is 1. The molecule has 0 radical (unpaired) electrons. The smallest absolute Gasteiger partial charge is 0.263 e. The molecule has 2 aromatic carbocycles. The fourth-order valence-electron chi connectivity index (χ4n) is 2.75. The van der Waals surface area contributed by atoms with Crippen molar-refractivity contribution in [2.45, 2.75) is 4.90 Å². The lowest BCUT2D eigenvalue weighted by Gasteiger charge is -2.09. The molecule has 0 saturated carbocycles. The van der Waals surface area contributed by atoms with Crippen molar-refractivity contribution in [3.63, 3.8) is 0 Å². The minimum Gasteiger partial charge on any atom is -0.268 e. The summed E-state index contributed by atoms with van der Waals surface area (Å²) in [4.78, 5) is 12.0. The van der Waals surface area contributed by atoms with Crippen molar-refractivity contribution >= 4 is 32.4 Å². The fraction of sp³-hybridized carbons (Fsp3) is 0. The van der Waals surface area contributed by atoms with Crippen LogP contribution < -0.4 is 4.72 Å². The Labute approximate surface area is 162 Å². The molecule has 0 saturated heterocycles. The number of sulfonamides is 1. The van der Waals surface area contributed by atoms with E-state index in [1.165, 1.54) is 18.3 Å². The van der Waals surface area contributed by atoms with Crippen LogP contribution in [0.15, 0.2) is 83.9 Å². The van der Waals surface area contributed by atoms with Gasteiger partial charge in [0.2, 0.25) is 5.69 Å². The minimum absolute atomic E-state index is 0.129. The Morgan fingerprint density at radius 2 is 1.68 bits per heavy atom. The third-order valence-electron chi connectivity index (χ3n) is 4.17. The van der Waals surface area contributed by atoms with Gasteiger partial charge in [-0.3, -0.25) is 9.71 Å². The van der Waals surface area contributed by atoms with Crippen LogP contribution in [0.5, 0.6) is 0 Å². The molecule has 0 fully saturated rings. The normalized spacial score (nSPS) is 11.1. The van der Waals surface area contributed by atoms with Crippen molar-refractivity contribution in [1.82, 2.24) is 9.97 Å². The molecule has 1 N–H and O–H groups in total. The predicted molar refractivity (Wildman–Crippen MR) is 108 cm³/mol. The molecule has 0 spiro atoms. The van der Waals surface area contributed by atoms with E-state index in [-0.39, 0.29) is 10.7 Å².